The van der Waals surface area contributed by atoms with Crippen molar-refractivity contribution in [1.29, 1.82) is 0 Å². The van der Waals surface area contributed by atoms with E-state index in [4.69, 9.17) is 5.73 Å². The second-order valence-electron chi connectivity index (χ2n) is 3.51. The average molecular weight is 309 g/mol. The summed E-state index contributed by atoms with van der Waals surface area (Å²) in [5, 5.41) is 0. The van der Waals surface area contributed by atoms with Crippen LogP contribution in [-0.4, -0.2) is 5.84 Å². The van der Waals surface area contributed by atoms with Crippen LogP contribution in [0.2, 0.25) is 0 Å². The van der Waals surface area contributed by atoms with Crippen molar-refractivity contribution in [3.8, 4) is 0 Å². The van der Waals surface area contributed by atoms with Gasteiger partial charge in [0.2, 0.25) is 0 Å². The van der Waals surface area contributed by atoms with E-state index < -0.39 is 11.7 Å². The predicted molar refractivity (Wildman–Crippen MR) is 65.3 cm³/mol. The summed E-state index contributed by atoms with van der Waals surface area (Å²) in [7, 11) is 0. The molecule has 0 fully saturated rings. The second kappa shape index (κ2) is 5.53. The molecular formula is C11H12BrF3N2. The van der Waals surface area contributed by atoms with Crippen LogP contribution in [0.25, 0.3) is 0 Å². The third kappa shape index (κ3) is 4.03. The first-order valence-corrected chi connectivity index (χ1v) is 5.83. The van der Waals surface area contributed by atoms with Gasteiger partial charge in [0.1, 0.15) is 0 Å². The van der Waals surface area contributed by atoms with Crippen LogP contribution in [0.1, 0.15) is 25.3 Å². The van der Waals surface area contributed by atoms with E-state index in [1.165, 1.54) is 12.1 Å². The van der Waals surface area contributed by atoms with Gasteiger partial charge in [-0.1, -0.05) is 22.9 Å². The first kappa shape index (κ1) is 14.0. The normalized spacial score (nSPS) is 12.9. The van der Waals surface area contributed by atoms with Gasteiger partial charge in [-0.15, -0.1) is 0 Å². The first-order valence-electron chi connectivity index (χ1n) is 5.04. The molecule has 0 aliphatic heterocycles. The molecule has 0 aliphatic carbocycles. The minimum atomic E-state index is -4.44. The van der Waals surface area contributed by atoms with Crippen LogP contribution in [-0.2, 0) is 6.18 Å². The number of halogens is 4. The summed E-state index contributed by atoms with van der Waals surface area (Å²) >= 11 is 3.01. The van der Waals surface area contributed by atoms with Gasteiger partial charge in [-0.25, -0.2) is 4.99 Å². The van der Waals surface area contributed by atoms with Gasteiger partial charge in [0.25, 0.3) is 0 Å². The van der Waals surface area contributed by atoms with Crippen molar-refractivity contribution in [3.05, 3.63) is 28.2 Å². The topological polar surface area (TPSA) is 38.4 Å². The molecule has 0 heterocycles. The molecule has 0 spiro atoms. The molecule has 1 rings (SSSR count). The molecule has 17 heavy (non-hydrogen) atoms. The Bertz CT molecular complexity index is 427. The van der Waals surface area contributed by atoms with Crippen molar-refractivity contribution in [2.75, 3.05) is 0 Å². The highest BCUT2D eigenvalue weighted by Gasteiger charge is 2.33. The van der Waals surface area contributed by atoms with Crippen molar-refractivity contribution in [3.63, 3.8) is 0 Å². The molecule has 0 saturated carbocycles. The maximum absolute atomic E-state index is 12.7. The number of nitrogens with two attached hydrogens (primary N) is 1. The third-order valence-corrected chi connectivity index (χ3v) is 2.53. The fourth-order valence-electron chi connectivity index (χ4n) is 1.30. The Morgan fingerprint density at radius 3 is 2.59 bits per heavy atom. The van der Waals surface area contributed by atoms with E-state index in [1.807, 2.05) is 6.92 Å². The zero-order valence-electron chi connectivity index (χ0n) is 9.18. The summed E-state index contributed by atoms with van der Waals surface area (Å²) in [4.78, 5) is 3.81. The zero-order chi connectivity index (χ0) is 13.1. The lowest BCUT2D eigenvalue weighted by molar-refractivity contribution is -0.137. The molecule has 1 aromatic carbocycles. The molecule has 2 nitrogen and oxygen atoms in total. The molecule has 6 heteroatoms. The van der Waals surface area contributed by atoms with E-state index in [9.17, 15) is 13.2 Å². The van der Waals surface area contributed by atoms with Crippen LogP contribution in [0, 0.1) is 0 Å². The maximum atomic E-state index is 12.7. The highest BCUT2D eigenvalue weighted by molar-refractivity contribution is 9.10. The molecule has 2 N–H and O–H groups in total. The molecular weight excluding hydrogens is 297 g/mol. The number of nitrogens with zero attached hydrogens (tertiary/aromatic N) is 1. The smallest absolute Gasteiger partial charge is 0.387 e. The SMILES string of the molecule is CCCC(N)=Nc1ccc(Br)cc1C(F)(F)F. The highest BCUT2D eigenvalue weighted by Crippen LogP contribution is 2.37. The van der Waals surface area contributed by atoms with Crippen LogP contribution in [0.3, 0.4) is 0 Å². The Labute approximate surface area is 106 Å². The van der Waals surface area contributed by atoms with E-state index in [0.717, 1.165) is 12.5 Å². The number of alkyl halides is 3. The van der Waals surface area contributed by atoms with E-state index in [-0.39, 0.29) is 11.5 Å². The van der Waals surface area contributed by atoms with Crippen LogP contribution in [0.4, 0.5) is 18.9 Å². The van der Waals surface area contributed by atoms with Crippen molar-refractivity contribution in [2.24, 2.45) is 10.7 Å². The lowest BCUT2D eigenvalue weighted by atomic mass is 10.1. The summed E-state index contributed by atoms with van der Waals surface area (Å²) < 4.78 is 38.6. The Morgan fingerprint density at radius 2 is 2.06 bits per heavy atom. The Kier molecular flexibility index (Phi) is 4.56. The van der Waals surface area contributed by atoms with Crippen LogP contribution < -0.4 is 5.73 Å². The van der Waals surface area contributed by atoms with Gasteiger partial charge in [0.15, 0.2) is 0 Å². The third-order valence-electron chi connectivity index (χ3n) is 2.03. The van der Waals surface area contributed by atoms with E-state index in [0.29, 0.717) is 10.9 Å². The minimum absolute atomic E-state index is 0.147. The van der Waals surface area contributed by atoms with Gasteiger partial charge >= 0.3 is 6.18 Å². The van der Waals surface area contributed by atoms with Crippen molar-refractivity contribution < 1.29 is 13.2 Å². The van der Waals surface area contributed by atoms with Crippen molar-refractivity contribution in [1.82, 2.24) is 0 Å². The summed E-state index contributed by atoms with van der Waals surface area (Å²) in [6.07, 6.45) is -3.21. The molecule has 0 aliphatic rings. The van der Waals surface area contributed by atoms with Gasteiger partial charge in [-0.3, -0.25) is 0 Å². The fraction of sp³-hybridized carbons (Fsp3) is 0.364. The fourth-order valence-corrected chi connectivity index (χ4v) is 1.66. The van der Waals surface area contributed by atoms with Gasteiger partial charge in [-0.05, 0) is 24.6 Å². The van der Waals surface area contributed by atoms with Crippen molar-refractivity contribution in [2.45, 2.75) is 25.9 Å². The first-order chi connectivity index (χ1) is 7.84. The number of hydrogen-bond acceptors (Lipinski definition) is 1. The molecule has 0 amide bonds. The quantitative estimate of drug-likeness (QED) is 0.657. The molecule has 0 atom stereocenters. The summed E-state index contributed by atoms with van der Waals surface area (Å²) in [5.41, 5.74) is 4.60. The van der Waals surface area contributed by atoms with E-state index in [1.54, 1.807) is 0 Å². The molecule has 0 unspecified atom stereocenters. The van der Waals surface area contributed by atoms with Gasteiger partial charge in [0, 0.05) is 10.9 Å². The van der Waals surface area contributed by atoms with Gasteiger partial charge < -0.3 is 5.73 Å². The predicted octanol–water partition coefficient (Wildman–Crippen LogP) is 4.26. The van der Waals surface area contributed by atoms with Crippen LogP contribution >= 0.6 is 15.9 Å². The molecule has 94 valence electrons. The molecule has 0 bridgehead atoms. The largest absolute Gasteiger partial charge is 0.418 e. The molecule has 0 radical (unpaired) electrons. The standard InChI is InChI=1S/C11H12BrF3N2/c1-2-3-10(16)17-9-5-4-7(12)6-8(9)11(13,14)15/h4-6H,2-3H2,1H3,(H2,16,17). The Balaban J connectivity index is 3.20. The summed E-state index contributed by atoms with van der Waals surface area (Å²) in [5.74, 6) is 0.209. The van der Waals surface area contributed by atoms with Gasteiger partial charge in [0.05, 0.1) is 17.1 Å². The number of rotatable bonds is 3. The second-order valence-corrected chi connectivity index (χ2v) is 4.43. The number of benzene rings is 1. The van der Waals surface area contributed by atoms with Gasteiger partial charge in [-0.2, -0.15) is 13.2 Å². The van der Waals surface area contributed by atoms with E-state index >= 15 is 0 Å². The lowest BCUT2D eigenvalue weighted by Gasteiger charge is -2.10. The minimum Gasteiger partial charge on any atom is -0.387 e. The highest BCUT2D eigenvalue weighted by atomic mass is 79.9. The molecule has 0 saturated heterocycles. The Morgan fingerprint density at radius 1 is 1.41 bits per heavy atom. The lowest BCUT2D eigenvalue weighted by Crippen LogP contribution is -2.11. The molecule has 1 aromatic rings. The Hall–Kier alpha value is -1.04. The summed E-state index contributed by atoms with van der Waals surface area (Å²) in [6, 6.07) is 3.81. The monoisotopic (exact) mass is 308 g/mol. The van der Waals surface area contributed by atoms with Crippen LogP contribution in [0.5, 0.6) is 0 Å². The summed E-state index contributed by atoms with van der Waals surface area (Å²) in [6.45, 7) is 1.88. The maximum Gasteiger partial charge on any atom is 0.418 e. The number of amidine groups is 1. The van der Waals surface area contributed by atoms with Crippen molar-refractivity contribution >= 4 is 27.5 Å². The van der Waals surface area contributed by atoms with E-state index in [2.05, 4.69) is 20.9 Å². The zero-order valence-corrected chi connectivity index (χ0v) is 10.8. The number of aliphatic imine (C=N–C) groups is 1. The number of hydrogen-bond donors (Lipinski definition) is 1. The van der Waals surface area contributed by atoms with Crippen LogP contribution in [0.15, 0.2) is 27.7 Å². The molecule has 0 aromatic heterocycles. The average Bonchev–Trinajstić information content (AvgIpc) is 2.19.